The van der Waals surface area contributed by atoms with Gasteiger partial charge >= 0.3 is 59.1 Å². The molecule has 0 spiro atoms. The predicted octanol–water partition coefficient (Wildman–Crippen LogP) is -9.44. The fraction of sp³-hybridized carbons (Fsp3) is 0.286. The molecular weight excluding hydrogens is 224 g/mol. The summed E-state index contributed by atoms with van der Waals surface area (Å²) in [7, 11) is 0. The van der Waals surface area contributed by atoms with Crippen LogP contribution >= 0.6 is 0 Å². The summed E-state index contributed by atoms with van der Waals surface area (Å²) in [6, 6.07) is -2.15. The average Bonchev–Trinajstić information content (AvgIpc) is 1.97. The van der Waals surface area contributed by atoms with Gasteiger partial charge in [0.2, 0.25) is 5.91 Å². The van der Waals surface area contributed by atoms with E-state index in [1.807, 2.05) is 0 Å². The van der Waals surface area contributed by atoms with Crippen molar-refractivity contribution in [3.63, 3.8) is 0 Å². The van der Waals surface area contributed by atoms with Gasteiger partial charge in [-0.05, 0) is 6.92 Å². The fourth-order valence-electron chi connectivity index (χ4n) is 0.468. The van der Waals surface area contributed by atoms with Crippen LogP contribution in [0, 0.1) is 0 Å². The quantitative estimate of drug-likeness (QED) is 0.293. The number of hydrogen-bond donors (Lipinski definition) is 1. The normalized spacial score (nSPS) is 8.13. The molecule has 0 rings (SSSR count). The van der Waals surface area contributed by atoms with Crippen molar-refractivity contribution in [1.29, 1.82) is 0 Å². The van der Waals surface area contributed by atoms with Crippen LogP contribution in [0.4, 0.5) is 0 Å². The first kappa shape index (κ1) is 20.5. The SMILES string of the molecule is C=C(C)C(=O)NC(C(=O)[O-])C(=O)[O-].[Na+].[Na+]. The summed E-state index contributed by atoms with van der Waals surface area (Å²) in [4.78, 5) is 31.0. The van der Waals surface area contributed by atoms with Gasteiger partial charge in [-0.3, -0.25) is 4.79 Å². The summed E-state index contributed by atoms with van der Waals surface area (Å²) >= 11 is 0. The summed E-state index contributed by atoms with van der Waals surface area (Å²) in [6.07, 6.45) is 0. The Bertz CT molecular complexity index is 265. The van der Waals surface area contributed by atoms with Crippen molar-refractivity contribution in [3.8, 4) is 0 Å². The third kappa shape index (κ3) is 8.01. The Morgan fingerprint density at radius 3 is 1.67 bits per heavy atom. The van der Waals surface area contributed by atoms with Crippen molar-refractivity contribution in [2.75, 3.05) is 0 Å². The van der Waals surface area contributed by atoms with Crippen molar-refractivity contribution >= 4 is 17.8 Å². The molecule has 0 atom stereocenters. The average molecular weight is 231 g/mol. The number of amides is 1. The van der Waals surface area contributed by atoms with Crippen molar-refractivity contribution in [1.82, 2.24) is 5.32 Å². The number of nitrogens with one attached hydrogen (secondary N) is 1. The summed E-state index contributed by atoms with van der Waals surface area (Å²) in [6.45, 7) is 4.49. The van der Waals surface area contributed by atoms with Gasteiger partial charge in [-0.15, -0.1) is 0 Å². The number of carbonyl (C=O) groups is 3. The minimum Gasteiger partial charge on any atom is -0.547 e. The number of carbonyl (C=O) groups excluding carboxylic acids is 3. The number of aliphatic carboxylic acids is 2. The summed E-state index contributed by atoms with van der Waals surface area (Å²) in [5, 5.41) is 21.9. The Hall–Kier alpha value is 0.150. The molecule has 0 aromatic carbocycles. The second kappa shape index (κ2) is 9.38. The van der Waals surface area contributed by atoms with Gasteiger partial charge in [0.25, 0.3) is 0 Å². The van der Waals surface area contributed by atoms with E-state index in [0.717, 1.165) is 0 Å². The van der Waals surface area contributed by atoms with E-state index in [9.17, 15) is 24.6 Å². The Balaban J connectivity index is -0.000000720. The Kier molecular flexibility index (Phi) is 12.9. The summed E-state index contributed by atoms with van der Waals surface area (Å²) in [5.41, 5.74) is -0.00694. The molecule has 0 fully saturated rings. The zero-order valence-electron chi connectivity index (χ0n) is 8.83. The molecule has 1 amide bonds. The maximum absolute atomic E-state index is 10.8. The first-order valence-electron chi connectivity index (χ1n) is 3.24. The molecule has 0 aliphatic heterocycles. The van der Waals surface area contributed by atoms with Crippen LogP contribution in [0.2, 0.25) is 0 Å². The molecule has 1 N–H and O–H groups in total. The molecule has 8 heteroatoms. The van der Waals surface area contributed by atoms with Crippen molar-refractivity contribution in [2.24, 2.45) is 0 Å². The second-order valence-corrected chi connectivity index (χ2v) is 2.32. The molecule has 0 heterocycles. The summed E-state index contributed by atoms with van der Waals surface area (Å²) < 4.78 is 0. The van der Waals surface area contributed by atoms with E-state index in [4.69, 9.17) is 0 Å². The standard InChI is InChI=1S/C7H9NO5.2Na/c1-3(2)5(9)8-4(6(10)11)7(12)13;;/h4H,1H2,2H3,(H,8,9)(H,10,11)(H,12,13);;/q;2*+1/p-2. The number of rotatable bonds is 4. The summed E-state index contributed by atoms with van der Waals surface area (Å²) in [5.74, 6) is -4.75. The van der Waals surface area contributed by atoms with Gasteiger partial charge in [0, 0.05) is 5.57 Å². The smallest absolute Gasteiger partial charge is 0.547 e. The van der Waals surface area contributed by atoms with E-state index >= 15 is 0 Å². The molecular formula is C7H7NNa2O5. The molecule has 0 saturated carbocycles. The van der Waals surface area contributed by atoms with Crippen LogP contribution in [0.15, 0.2) is 12.2 Å². The van der Waals surface area contributed by atoms with Gasteiger partial charge in [-0.25, -0.2) is 0 Å². The molecule has 0 aliphatic carbocycles. The maximum atomic E-state index is 10.8. The topological polar surface area (TPSA) is 109 Å². The molecule has 0 unspecified atom stereocenters. The second-order valence-electron chi connectivity index (χ2n) is 2.32. The monoisotopic (exact) mass is 231 g/mol. The fourth-order valence-corrected chi connectivity index (χ4v) is 0.468. The van der Waals surface area contributed by atoms with Crippen LogP contribution in [0.25, 0.3) is 0 Å². The zero-order chi connectivity index (χ0) is 10.6. The van der Waals surface area contributed by atoms with Crippen LogP contribution < -0.4 is 74.6 Å². The van der Waals surface area contributed by atoms with E-state index in [2.05, 4.69) is 6.58 Å². The molecule has 72 valence electrons. The molecule has 15 heavy (non-hydrogen) atoms. The Morgan fingerprint density at radius 1 is 1.13 bits per heavy atom. The zero-order valence-corrected chi connectivity index (χ0v) is 12.8. The van der Waals surface area contributed by atoms with E-state index in [1.54, 1.807) is 5.32 Å². The molecule has 6 nitrogen and oxygen atoms in total. The van der Waals surface area contributed by atoms with E-state index < -0.39 is 23.9 Å². The first-order valence-corrected chi connectivity index (χ1v) is 3.24. The predicted molar refractivity (Wildman–Crippen MR) is 36.8 cm³/mol. The first-order chi connectivity index (χ1) is 5.86. The van der Waals surface area contributed by atoms with Crippen LogP contribution in [0.1, 0.15) is 6.92 Å². The van der Waals surface area contributed by atoms with Crippen molar-refractivity contribution < 1.29 is 83.7 Å². The molecule has 0 bridgehead atoms. The van der Waals surface area contributed by atoms with Gasteiger partial charge in [-0.1, -0.05) is 6.58 Å². The van der Waals surface area contributed by atoms with Gasteiger partial charge in [0.1, 0.15) is 6.04 Å². The Labute approximate surface area is 131 Å². The third-order valence-corrected chi connectivity index (χ3v) is 1.13. The Morgan fingerprint density at radius 2 is 1.47 bits per heavy atom. The van der Waals surface area contributed by atoms with Crippen LogP contribution in [-0.4, -0.2) is 23.9 Å². The maximum Gasteiger partial charge on any atom is 1.00 e. The number of carboxylic acids is 2. The molecule has 0 aliphatic rings. The van der Waals surface area contributed by atoms with Gasteiger partial charge in [0.05, 0.1) is 11.9 Å². The van der Waals surface area contributed by atoms with Gasteiger partial charge in [0.15, 0.2) is 0 Å². The largest absolute Gasteiger partial charge is 1.00 e. The number of hydrogen-bond acceptors (Lipinski definition) is 5. The third-order valence-electron chi connectivity index (χ3n) is 1.13. The van der Waals surface area contributed by atoms with E-state index in [-0.39, 0.29) is 64.7 Å². The molecule has 0 saturated heterocycles. The van der Waals surface area contributed by atoms with Crippen molar-refractivity contribution in [3.05, 3.63) is 12.2 Å². The van der Waals surface area contributed by atoms with Crippen LogP contribution in [-0.2, 0) is 14.4 Å². The van der Waals surface area contributed by atoms with E-state index in [0.29, 0.717) is 0 Å². The van der Waals surface area contributed by atoms with Crippen LogP contribution in [0.3, 0.4) is 0 Å². The minimum atomic E-state index is -2.15. The van der Waals surface area contributed by atoms with Gasteiger partial charge in [-0.2, -0.15) is 0 Å². The van der Waals surface area contributed by atoms with Crippen molar-refractivity contribution in [2.45, 2.75) is 13.0 Å². The molecule has 0 aromatic rings. The molecule has 0 aromatic heterocycles. The molecule has 0 radical (unpaired) electrons. The van der Waals surface area contributed by atoms with Gasteiger partial charge < -0.3 is 25.1 Å². The van der Waals surface area contributed by atoms with E-state index in [1.165, 1.54) is 6.92 Å². The minimum absolute atomic E-state index is 0. The van der Waals surface area contributed by atoms with Crippen LogP contribution in [0.5, 0.6) is 0 Å². The number of carboxylic acid groups (broad SMARTS) is 2.